The average molecular weight is 447 g/mol. The lowest BCUT2D eigenvalue weighted by Crippen LogP contribution is -2.60. The lowest BCUT2D eigenvalue weighted by atomic mass is 9.77. The number of hydrogen-bond acceptors (Lipinski definition) is 6. The first kappa shape index (κ1) is 24.2. The minimum absolute atomic E-state index is 0.171. The van der Waals surface area contributed by atoms with E-state index in [1.54, 1.807) is 13.8 Å². The Morgan fingerprint density at radius 2 is 2.03 bits per heavy atom. The van der Waals surface area contributed by atoms with Gasteiger partial charge in [-0.05, 0) is 51.5 Å². The molecule has 8 nitrogen and oxygen atoms in total. The Morgan fingerprint density at radius 1 is 1.28 bits per heavy atom. The Bertz CT molecular complexity index is 793. The standard InChI is InChI=1S/C24H34N2O6/c1-3-32-23(30)19(10-9-18-7-5-4-6-8-18)25-17(2)21(27)26-15-24(13-14-31-16-24)12-11-20(26)22(28)29/h4-8,17,19-20,25H,3,9-16H2,1-2H3,(H,28,29)/t17-,19?,20-,24?/m0/s1. The molecule has 0 bridgehead atoms. The van der Waals surface area contributed by atoms with E-state index in [4.69, 9.17) is 9.47 Å². The first-order chi connectivity index (χ1) is 15.3. The summed E-state index contributed by atoms with van der Waals surface area (Å²) in [6.45, 7) is 5.23. The molecule has 1 spiro atoms. The maximum absolute atomic E-state index is 13.4. The third kappa shape index (κ3) is 5.86. The first-order valence-electron chi connectivity index (χ1n) is 11.4. The highest BCUT2D eigenvalue weighted by Crippen LogP contribution is 2.40. The number of carbonyl (C=O) groups excluding carboxylic acids is 2. The Labute approximate surface area is 189 Å². The van der Waals surface area contributed by atoms with Crippen LogP contribution < -0.4 is 5.32 Å². The van der Waals surface area contributed by atoms with Crippen LogP contribution in [-0.2, 0) is 30.3 Å². The smallest absolute Gasteiger partial charge is 0.326 e. The second-order valence-corrected chi connectivity index (χ2v) is 8.88. The van der Waals surface area contributed by atoms with Gasteiger partial charge < -0.3 is 19.5 Å². The highest BCUT2D eigenvalue weighted by atomic mass is 16.5. The maximum Gasteiger partial charge on any atom is 0.326 e. The molecule has 2 fully saturated rings. The van der Waals surface area contributed by atoms with Gasteiger partial charge in [-0.1, -0.05) is 30.3 Å². The van der Waals surface area contributed by atoms with Crippen molar-refractivity contribution >= 4 is 17.8 Å². The predicted molar refractivity (Wildman–Crippen MR) is 118 cm³/mol. The Hall–Kier alpha value is -2.45. The number of amides is 1. The molecule has 1 aromatic rings. The van der Waals surface area contributed by atoms with Crippen LogP contribution in [0.1, 0.15) is 45.1 Å². The van der Waals surface area contributed by atoms with Crippen LogP contribution in [0.4, 0.5) is 0 Å². The van der Waals surface area contributed by atoms with Crippen molar-refractivity contribution in [2.24, 2.45) is 5.41 Å². The molecule has 2 saturated heterocycles. The SMILES string of the molecule is CCOC(=O)C(CCc1ccccc1)N[C@@H](C)C(=O)N1CC2(CCOC2)CC[C@H]1C(=O)O. The van der Waals surface area contributed by atoms with Gasteiger partial charge in [0.2, 0.25) is 5.91 Å². The molecule has 4 atom stereocenters. The van der Waals surface area contributed by atoms with Gasteiger partial charge in [-0.15, -0.1) is 0 Å². The van der Waals surface area contributed by atoms with E-state index in [0.717, 1.165) is 18.4 Å². The number of nitrogens with one attached hydrogen (secondary N) is 1. The van der Waals surface area contributed by atoms with Crippen molar-refractivity contribution in [1.29, 1.82) is 0 Å². The molecule has 2 aliphatic heterocycles. The monoisotopic (exact) mass is 446 g/mol. The molecular formula is C24H34N2O6. The summed E-state index contributed by atoms with van der Waals surface area (Å²) in [4.78, 5) is 39.2. The zero-order valence-corrected chi connectivity index (χ0v) is 18.9. The average Bonchev–Trinajstić information content (AvgIpc) is 3.24. The number of aliphatic carboxylic acids is 1. The number of ether oxygens (including phenoxy) is 2. The minimum Gasteiger partial charge on any atom is -0.480 e. The summed E-state index contributed by atoms with van der Waals surface area (Å²) in [6.07, 6.45) is 3.10. The Balaban J connectivity index is 1.69. The van der Waals surface area contributed by atoms with Crippen molar-refractivity contribution in [2.45, 2.75) is 64.1 Å². The zero-order valence-electron chi connectivity index (χ0n) is 18.9. The van der Waals surface area contributed by atoms with Crippen LogP contribution in [-0.4, -0.2) is 72.3 Å². The van der Waals surface area contributed by atoms with Crippen LogP contribution in [0, 0.1) is 5.41 Å². The molecule has 0 radical (unpaired) electrons. The molecular weight excluding hydrogens is 412 g/mol. The van der Waals surface area contributed by atoms with E-state index in [1.807, 2.05) is 30.3 Å². The topological polar surface area (TPSA) is 105 Å². The third-order valence-electron chi connectivity index (χ3n) is 6.54. The molecule has 0 aliphatic carbocycles. The van der Waals surface area contributed by atoms with E-state index in [2.05, 4.69) is 5.32 Å². The molecule has 2 N–H and O–H groups in total. The fourth-order valence-corrected chi connectivity index (χ4v) is 4.70. The minimum atomic E-state index is -0.995. The zero-order chi connectivity index (χ0) is 23.1. The number of carbonyl (C=O) groups is 3. The quantitative estimate of drug-likeness (QED) is 0.559. The van der Waals surface area contributed by atoms with Crippen LogP contribution in [0.3, 0.4) is 0 Å². The van der Waals surface area contributed by atoms with Gasteiger partial charge in [-0.25, -0.2) is 4.79 Å². The van der Waals surface area contributed by atoms with Crippen LogP contribution in [0.25, 0.3) is 0 Å². The van der Waals surface area contributed by atoms with Gasteiger partial charge in [-0.2, -0.15) is 0 Å². The number of carboxylic acid groups (broad SMARTS) is 1. The molecule has 2 heterocycles. The summed E-state index contributed by atoms with van der Waals surface area (Å²) in [5, 5.41) is 12.8. The summed E-state index contributed by atoms with van der Waals surface area (Å²) in [5.74, 6) is -1.71. The van der Waals surface area contributed by atoms with E-state index in [9.17, 15) is 19.5 Å². The van der Waals surface area contributed by atoms with E-state index in [1.165, 1.54) is 4.90 Å². The van der Waals surface area contributed by atoms with E-state index >= 15 is 0 Å². The van der Waals surface area contributed by atoms with Crippen molar-refractivity contribution in [2.75, 3.05) is 26.4 Å². The number of hydrogen-bond donors (Lipinski definition) is 2. The molecule has 0 aromatic heterocycles. The predicted octanol–water partition coefficient (Wildman–Crippen LogP) is 2.01. The lowest BCUT2D eigenvalue weighted by Gasteiger charge is -2.44. The summed E-state index contributed by atoms with van der Waals surface area (Å²) in [7, 11) is 0. The number of carboxylic acids is 1. The van der Waals surface area contributed by atoms with Gasteiger partial charge in [-0.3, -0.25) is 14.9 Å². The second-order valence-electron chi connectivity index (χ2n) is 8.88. The van der Waals surface area contributed by atoms with Crippen LogP contribution in [0.5, 0.6) is 0 Å². The van der Waals surface area contributed by atoms with Gasteiger partial charge in [0.25, 0.3) is 0 Å². The summed E-state index contributed by atoms with van der Waals surface area (Å²) < 4.78 is 10.8. The van der Waals surface area contributed by atoms with Crippen LogP contribution in [0.2, 0.25) is 0 Å². The van der Waals surface area contributed by atoms with Gasteiger partial charge in [0.1, 0.15) is 12.1 Å². The largest absolute Gasteiger partial charge is 0.480 e. The molecule has 0 saturated carbocycles. The first-order valence-corrected chi connectivity index (χ1v) is 11.4. The fraction of sp³-hybridized carbons (Fsp3) is 0.625. The van der Waals surface area contributed by atoms with Crippen molar-refractivity contribution < 1.29 is 29.0 Å². The molecule has 176 valence electrons. The number of benzene rings is 1. The summed E-state index contributed by atoms with van der Waals surface area (Å²) in [5.41, 5.74) is 0.919. The number of likely N-dealkylation sites (tertiary alicyclic amines) is 1. The Kier molecular flexibility index (Phi) is 8.26. The molecule has 8 heteroatoms. The van der Waals surface area contributed by atoms with Gasteiger partial charge in [0.15, 0.2) is 0 Å². The van der Waals surface area contributed by atoms with E-state index in [0.29, 0.717) is 39.0 Å². The van der Waals surface area contributed by atoms with Crippen LogP contribution >= 0.6 is 0 Å². The van der Waals surface area contributed by atoms with Gasteiger partial charge in [0, 0.05) is 18.6 Å². The van der Waals surface area contributed by atoms with Crippen molar-refractivity contribution in [1.82, 2.24) is 10.2 Å². The summed E-state index contributed by atoms with van der Waals surface area (Å²) in [6, 6.07) is 7.56. The fourth-order valence-electron chi connectivity index (χ4n) is 4.70. The highest BCUT2D eigenvalue weighted by molar-refractivity contribution is 5.88. The summed E-state index contributed by atoms with van der Waals surface area (Å²) >= 11 is 0. The molecule has 3 rings (SSSR count). The molecule has 32 heavy (non-hydrogen) atoms. The maximum atomic E-state index is 13.4. The molecule has 1 aromatic carbocycles. The number of aryl methyl sites for hydroxylation is 1. The lowest BCUT2D eigenvalue weighted by molar-refractivity contribution is -0.157. The number of rotatable bonds is 9. The third-order valence-corrected chi connectivity index (χ3v) is 6.54. The van der Waals surface area contributed by atoms with Crippen molar-refractivity contribution in [3.63, 3.8) is 0 Å². The second kappa shape index (κ2) is 10.9. The van der Waals surface area contributed by atoms with E-state index in [-0.39, 0.29) is 17.9 Å². The Morgan fingerprint density at radius 3 is 2.66 bits per heavy atom. The van der Waals surface area contributed by atoms with Crippen LogP contribution in [0.15, 0.2) is 30.3 Å². The normalized spacial score (nSPS) is 24.8. The molecule has 2 unspecified atom stereocenters. The molecule has 1 amide bonds. The number of piperidine rings is 1. The van der Waals surface area contributed by atoms with Gasteiger partial charge >= 0.3 is 11.9 Å². The van der Waals surface area contributed by atoms with Gasteiger partial charge in [0.05, 0.1) is 19.3 Å². The van der Waals surface area contributed by atoms with Crippen molar-refractivity contribution in [3.8, 4) is 0 Å². The number of nitrogens with zero attached hydrogens (tertiary/aromatic N) is 1. The highest BCUT2D eigenvalue weighted by Gasteiger charge is 2.46. The van der Waals surface area contributed by atoms with Crippen molar-refractivity contribution in [3.05, 3.63) is 35.9 Å². The number of esters is 1. The van der Waals surface area contributed by atoms with E-state index < -0.39 is 30.1 Å². The molecule has 2 aliphatic rings.